The quantitative estimate of drug-likeness (QED) is 0.237. The van der Waals surface area contributed by atoms with E-state index in [4.69, 9.17) is 26.8 Å². The third-order valence-corrected chi connectivity index (χ3v) is 6.18. The minimum absolute atomic E-state index is 0.0218. The van der Waals surface area contributed by atoms with E-state index in [0.29, 0.717) is 0 Å². The van der Waals surface area contributed by atoms with Crippen molar-refractivity contribution in [2.75, 3.05) is 12.3 Å². The van der Waals surface area contributed by atoms with Crippen molar-refractivity contribution >= 4 is 40.5 Å². The van der Waals surface area contributed by atoms with Gasteiger partial charge in [0, 0.05) is 12.0 Å². The molecule has 0 bridgehead atoms. The highest BCUT2D eigenvalue weighted by atomic mass is 35.5. The van der Waals surface area contributed by atoms with Gasteiger partial charge in [-0.3, -0.25) is 4.57 Å². The number of nitrogens with two attached hydrogens (primary N) is 1. The van der Waals surface area contributed by atoms with Crippen LogP contribution in [0.5, 0.6) is 0 Å². The van der Waals surface area contributed by atoms with Gasteiger partial charge >= 0.3 is 11.9 Å². The molecule has 0 aliphatic carbocycles. The Morgan fingerprint density at radius 2 is 1.95 bits per heavy atom. The van der Waals surface area contributed by atoms with Gasteiger partial charge in [-0.15, -0.1) is 0 Å². The molecule has 16 heteroatoms. The Kier molecular flexibility index (Phi) is 6.98. The van der Waals surface area contributed by atoms with Gasteiger partial charge in [0.1, 0.15) is 29.4 Å². The fourth-order valence-corrected chi connectivity index (χ4v) is 4.10. The van der Waals surface area contributed by atoms with Crippen molar-refractivity contribution in [3.8, 4) is 0 Å². The monoisotopic (exact) mass is 545 g/mol. The summed E-state index contributed by atoms with van der Waals surface area (Å²) in [6.45, 7) is 0.164. The van der Waals surface area contributed by atoms with Gasteiger partial charge < -0.3 is 30.5 Å². The Morgan fingerprint density at radius 3 is 2.59 bits per heavy atom. The minimum atomic E-state index is -3.07. The number of hydrogen-bond acceptors (Lipinski definition) is 9. The third-order valence-electron chi connectivity index (χ3n) is 6.01. The van der Waals surface area contributed by atoms with Gasteiger partial charge in [0.15, 0.2) is 23.9 Å². The lowest BCUT2D eigenvalue weighted by Crippen LogP contribution is -2.53. The average Bonchev–Trinajstić information content (AvgIpc) is 3.37. The summed E-state index contributed by atoms with van der Waals surface area (Å²) in [6.07, 6.45) is -7.08. The zero-order valence-electron chi connectivity index (χ0n) is 18.8. The number of aromatic nitrogens is 4. The molecule has 3 heterocycles. The standard InChI is InChI=1S/C21H19ClF3N5O7/c1-7-9(23)3-2-8(11(7)24)4-21(18(32)33,19(34)35)36-5-10-14(31)12(25)17(37-10)30-6-27-13-15(26)28-20(22)29-16(13)30/h2-3,6,10,12,14,17,31H,4-5H2,1H3,(H,32,33)(H,34,35)(H2,26,28,29)/t10-,12+,14-,17-/m1/s1. The fraction of sp³-hybridized carbons (Fsp3) is 0.381. The molecule has 4 atom stereocenters. The maximum Gasteiger partial charge on any atom is 0.348 e. The van der Waals surface area contributed by atoms with Crippen LogP contribution in [0.3, 0.4) is 0 Å². The fourth-order valence-electron chi connectivity index (χ4n) is 3.93. The van der Waals surface area contributed by atoms with E-state index in [-0.39, 0.29) is 22.3 Å². The zero-order chi connectivity index (χ0) is 27.2. The van der Waals surface area contributed by atoms with E-state index in [1.165, 1.54) is 0 Å². The van der Waals surface area contributed by atoms with Crippen LogP contribution in [0.1, 0.15) is 17.4 Å². The maximum atomic E-state index is 15.0. The number of ether oxygens (including phenoxy) is 2. The molecule has 1 aliphatic heterocycles. The first-order chi connectivity index (χ1) is 17.4. The minimum Gasteiger partial charge on any atom is -0.479 e. The van der Waals surface area contributed by atoms with E-state index in [1.54, 1.807) is 0 Å². The van der Waals surface area contributed by atoms with Gasteiger partial charge in [-0.25, -0.2) is 27.7 Å². The van der Waals surface area contributed by atoms with E-state index >= 15 is 4.39 Å². The van der Waals surface area contributed by atoms with Crippen LogP contribution in [0.25, 0.3) is 11.2 Å². The van der Waals surface area contributed by atoms with Crippen LogP contribution in [-0.4, -0.2) is 77.4 Å². The van der Waals surface area contributed by atoms with Crippen molar-refractivity contribution in [2.45, 2.75) is 43.6 Å². The van der Waals surface area contributed by atoms with E-state index < -0.39 is 77.9 Å². The predicted molar refractivity (Wildman–Crippen MR) is 118 cm³/mol. The molecule has 0 spiro atoms. The number of carboxylic acid groups (broad SMARTS) is 2. The van der Waals surface area contributed by atoms with Crippen LogP contribution >= 0.6 is 11.6 Å². The molecular formula is C21H19ClF3N5O7. The molecule has 0 radical (unpaired) electrons. The summed E-state index contributed by atoms with van der Waals surface area (Å²) in [4.78, 5) is 35.6. The SMILES string of the molecule is Cc1c(F)ccc(CC(OC[C@H]2O[C@@H](n3cnc4c(N)nc(Cl)nc43)[C@@H](F)[C@@H]2O)(C(=O)O)C(=O)O)c1F. The highest BCUT2D eigenvalue weighted by molar-refractivity contribution is 6.28. The second-order valence-electron chi connectivity index (χ2n) is 8.27. The summed E-state index contributed by atoms with van der Waals surface area (Å²) < 4.78 is 54.9. The number of rotatable bonds is 8. The number of aliphatic carboxylic acids is 2. The number of benzene rings is 1. The summed E-state index contributed by atoms with van der Waals surface area (Å²) in [6, 6.07) is 1.74. The molecule has 37 heavy (non-hydrogen) atoms. The molecule has 1 aromatic carbocycles. The van der Waals surface area contributed by atoms with E-state index in [9.17, 15) is 33.7 Å². The highest BCUT2D eigenvalue weighted by Crippen LogP contribution is 2.35. The number of aliphatic hydroxyl groups excluding tert-OH is 1. The first-order valence-electron chi connectivity index (χ1n) is 10.5. The molecule has 0 saturated carbocycles. The van der Waals surface area contributed by atoms with Crippen LogP contribution in [0.2, 0.25) is 5.28 Å². The van der Waals surface area contributed by atoms with Gasteiger partial charge in [0.05, 0.1) is 12.9 Å². The lowest BCUT2D eigenvalue weighted by molar-refractivity contribution is -0.190. The number of nitrogen functional groups attached to an aromatic ring is 1. The molecule has 1 saturated heterocycles. The molecule has 12 nitrogen and oxygen atoms in total. The number of carboxylic acids is 2. The normalized spacial score (nSPS) is 22.0. The second-order valence-corrected chi connectivity index (χ2v) is 8.61. The molecular weight excluding hydrogens is 527 g/mol. The second kappa shape index (κ2) is 9.74. The highest BCUT2D eigenvalue weighted by Gasteiger charge is 2.52. The van der Waals surface area contributed by atoms with Gasteiger partial charge in [-0.2, -0.15) is 9.97 Å². The van der Waals surface area contributed by atoms with Gasteiger partial charge in [0.2, 0.25) is 5.28 Å². The van der Waals surface area contributed by atoms with Gasteiger partial charge in [-0.05, 0) is 30.2 Å². The molecule has 0 amide bonds. The lowest BCUT2D eigenvalue weighted by atomic mass is 9.92. The van der Waals surface area contributed by atoms with Crippen molar-refractivity contribution in [3.63, 3.8) is 0 Å². The van der Waals surface area contributed by atoms with Crippen LogP contribution in [0, 0.1) is 18.6 Å². The van der Waals surface area contributed by atoms with Crippen molar-refractivity contribution < 1.29 is 47.6 Å². The number of alkyl halides is 1. The smallest absolute Gasteiger partial charge is 0.348 e. The predicted octanol–water partition coefficient (Wildman–Crippen LogP) is 1.41. The number of halogens is 4. The molecule has 198 valence electrons. The lowest BCUT2D eigenvalue weighted by Gasteiger charge is -2.27. The van der Waals surface area contributed by atoms with Crippen molar-refractivity contribution in [2.24, 2.45) is 0 Å². The van der Waals surface area contributed by atoms with Gasteiger partial charge in [0.25, 0.3) is 5.60 Å². The first kappa shape index (κ1) is 26.5. The van der Waals surface area contributed by atoms with E-state index in [1.807, 2.05) is 0 Å². The van der Waals surface area contributed by atoms with Crippen LogP contribution in [0.4, 0.5) is 19.0 Å². The Bertz CT molecular complexity index is 1380. The Labute approximate surface area is 210 Å². The molecule has 4 rings (SSSR count). The maximum absolute atomic E-state index is 15.0. The largest absolute Gasteiger partial charge is 0.479 e. The summed E-state index contributed by atoms with van der Waals surface area (Å²) in [5.74, 6) is -6.18. The van der Waals surface area contributed by atoms with Crippen LogP contribution in [-0.2, 0) is 25.5 Å². The number of aliphatic hydroxyl groups is 1. The molecule has 5 N–H and O–H groups in total. The van der Waals surface area contributed by atoms with Crippen LogP contribution in [0.15, 0.2) is 18.5 Å². The van der Waals surface area contributed by atoms with E-state index in [2.05, 4.69) is 15.0 Å². The number of hydrogen-bond donors (Lipinski definition) is 4. The molecule has 3 aromatic rings. The summed E-state index contributed by atoms with van der Waals surface area (Å²) in [7, 11) is 0. The number of nitrogens with zero attached hydrogens (tertiary/aromatic N) is 4. The molecule has 1 aliphatic rings. The first-order valence-corrected chi connectivity index (χ1v) is 10.9. The molecule has 2 aromatic heterocycles. The van der Waals surface area contributed by atoms with E-state index in [0.717, 1.165) is 30.0 Å². The van der Waals surface area contributed by atoms with Crippen molar-refractivity contribution in [3.05, 3.63) is 46.5 Å². The summed E-state index contributed by atoms with van der Waals surface area (Å²) in [5, 5.41) is 29.5. The average molecular weight is 546 g/mol. The summed E-state index contributed by atoms with van der Waals surface area (Å²) >= 11 is 5.80. The van der Waals surface area contributed by atoms with Crippen molar-refractivity contribution in [1.29, 1.82) is 0 Å². The third kappa shape index (κ3) is 4.54. The molecule has 0 unspecified atom stereocenters. The topological polar surface area (TPSA) is 183 Å². The van der Waals surface area contributed by atoms with Crippen molar-refractivity contribution in [1.82, 2.24) is 19.5 Å². The van der Waals surface area contributed by atoms with Crippen LogP contribution < -0.4 is 5.73 Å². The number of anilines is 1. The Morgan fingerprint density at radius 1 is 1.27 bits per heavy atom. The molecule has 1 fully saturated rings. The summed E-state index contributed by atoms with van der Waals surface area (Å²) in [5.41, 5.74) is 1.81. The Balaban J connectivity index is 1.60. The van der Waals surface area contributed by atoms with Gasteiger partial charge in [-0.1, -0.05) is 6.07 Å². The number of imidazole rings is 1. The number of carbonyl (C=O) groups is 2. The Hall–Kier alpha value is -3.53. The zero-order valence-corrected chi connectivity index (χ0v) is 19.6. The number of fused-ring (bicyclic) bond motifs is 1.